The van der Waals surface area contributed by atoms with Crippen LogP contribution in [0.25, 0.3) is 11.3 Å². The molecule has 0 aliphatic heterocycles. The van der Waals surface area contributed by atoms with Gasteiger partial charge in [-0.2, -0.15) is 5.10 Å². The van der Waals surface area contributed by atoms with Gasteiger partial charge in [-0.25, -0.2) is 9.78 Å². The van der Waals surface area contributed by atoms with Gasteiger partial charge in [-0.15, -0.1) is 5.10 Å². The number of aromatic nitrogens is 3. The first kappa shape index (κ1) is 13.4. The molecule has 2 aromatic rings. The summed E-state index contributed by atoms with van der Waals surface area (Å²) in [6.07, 6.45) is 1.44. The van der Waals surface area contributed by atoms with Gasteiger partial charge in [0.25, 0.3) is 0 Å². The molecule has 19 heavy (non-hydrogen) atoms. The molecule has 7 heteroatoms. The minimum Gasteiger partial charge on any atom is -0.480 e. The van der Waals surface area contributed by atoms with Gasteiger partial charge >= 0.3 is 5.97 Å². The van der Waals surface area contributed by atoms with Gasteiger partial charge in [0, 0.05) is 10.6 Å². The van der Waals surface area contributed by atoms with E-state index in [-0.39, 0.29) is 5.82 Å². The standard InChI is InChI=1S/C12H11ClN4O2/c1-12(14,11(18)19)10-16-9(6-15-17-10)7-2-4-8(13)5-3-7/h2-6H,14H2,1H3,(H,18,19)/t12-/m1/s1. The molecule has 0 spiro atoms. The summed E-state index contributed by atoms with van der Waals surface area (Å²) >= 11 is 5.80. The van der Waals surface area contributed by atoms with Gasteiger partial charge in [-0.05, 0) is 19.1 Å². The lowest BCUT2D eigenvalue weighted by Gasteiger charge is -2.16. The lowest BCUT2D eigenvalue weighted by atomic mass is 10.0. The average molecular weight is 279 g/mol. The highest BCUT2D eigenvalue weighted by molar-refractivity contribution is 6.30. The first-order valence-corrected chi connectivity index (χ1v) is 5.77. The summed E-state index contributed by atoms with van der Waals surface area (Å²) in [6.45, 7) is 1.32. The van der Waals surface area contributed by atoms with E-state index in [0.29, 0.717) is 10.7 Å². The van der Waals surface area contributed by atoms with Crippen molar-refractivity contribution in [3.63, 3.8) is 0 Å². The summed E-state index contributed by atoms with van der Waals surface area (Å²) in [7, 11) is 0. The summed E-state index contributed by atoms with van der Waals surface area (Å²) in [5.41, 5.74) is 5.22. The number of nitrogens with two attached hydrogens (primary N) is 1. The quantitative estimate of drug-likeness (QED) is 0.881. The van der Waals surface area contributed by atoms with E-state index in [1.165, 1.54) is 13.1 Å². The van der Waals surface area contributed by atoms with E-state index in [0.717, 1.165) is 5.56 Å². The average Bonchev–Trinajstić information content (AvgIpc) is 2.39. The van der Waals surface area contributed by atoms with E-state index >= 15 is 0 Å². The minimum atomic E-state index is -1.69. The van der Waals surface area contributed by atoms with Crippen LogP contribution in [-0.2, 0) is 10.3 Å². The Kier molecular flexibility index (Phi) is 3.46. The number of benzene rings is 1. The van der Waals surface area contributed by atoms with Crippen molar-refractivity contribution in [2.24, 2.45) is 5.73 Å². The number of carbonyl (C=O) groups is 1. The highest BCUT2D eigenvalue weighted by Gasteiger charge is 2.34. The number of hydrogen-bond donors (Lipinski definition) is 2. The van der Waals surface area contributed by atoms with Crippen molar-refractivity contribution in [2.45, 2.75) is 12.5 Å². The van der Waals surface area contributed by atoms with Gasteiger partial charge in [0.15, 0.2) is 11.4 Å². The third kappa shape index (κ3) is 2.69. The Balaban J connectivity index is 2.45. The van der Waals surface area contributed by atoms with Crippen molar-refractivity contribution in [3.8, 4) is 11.3 Å². The normalized spacial score (nSPS) is 13.8. The Labute approximate surface area is 114 Å². The maximum Gasteiger partial charge on any atom is 0.331 e. The second-order valence-electron chi connectivity index (χ2n) is 4.18. The molecular weight excluding hydrogens is 268 g/mol. The summed E-state index contributed by atoms with van der Waals surface area (Å²) in [5.74, 6) is -1.27. The molecule has 0 amide bonds. The smallest absolute Gasteiger partial charge is 0.331 e. The molecule has 6 nitrogen and oxygen atoms in total. The van der Waals surface area contributed by atoms with Crippen molar-refractivity contribution < 1.29 is 9.90 Å². The fourth-order valence-corrected chi connectivity index (χ4v) is 1.50. The van der Waals surface area contributed by atoms with Crippen LogP contribution < -0.4 is 5.73 Å². The van der Waals surface area contributed by atoms with Crippen LogP contribution in [0.4, 0.5) is 0 Å². The molecule has 98 valence electrons. The van der Waals surface area contributed by atoms with E-state index in [1.807, 2.05) is 0 Å². The Hall–Kier alpha value is -2.05. The lowest BCUT2D eigenvalue weighted by Crippen LogP contribution is -2.43. The molecule has 0 fully saturated rings. The van der Waals surface area contributed by atoms with Crippen LogP contribution in [0.5, 0.6) is 0 Å². The summed E-state index contributed by atoms with van der Waals surface area (Å²) < 4.78 is 0. The Morgan fingerprint density at radius 1 is 1.37 bits per heavy atom. The molecule has 0 saturated carbocycles. The molecule has 0 aliphatic carbocycles. The highest BCUT2D eigenvalue weighted by Crippen LogP contribution is 2.21. The Morgan fingerprint density at radius 2 is 2.00 bits per heavy atom. The van der Waals surface area contributed by atoms with E-state index < -0.39 is 11.5 Å². The fourth-order valence-electron chi connectivity index (χ4n) is 1.38. The van der Waals surface area contributed by atoms with Crippen LogP contribution in [0.2, 0.25) is 5.02 Å². The third-order valence-electron chi connectivity index (χ3n) is 2.61. The van der Waals surface area contributed by atoms with Gasteiger partial charge in [0.05, 0.1) is 11.9 Å². The minimum absolute atomic E-state index is 0.0487. The van der Waals surface area contributed by atoms with Crippen LogP contribution >= 0.6 is 11.6 Å². The van der Waals surface area contributed by atoms with Crippen molar-refractivity contribution in [2.75, 3.05) is 0 Å². The summed E-state index contributed by atoms with van der Waals surface area (Å²) in [5, 5.41) is 17.1. The van der Waals surface area contributed by atoms with Crippen molar-refractivity contribution in [1.82, 2.24) is 15.2 Å². The van der Waals surface area contributed by atoms with E-state index in [9.17, 15) is 4.79 Å². The largest absolute Gasteiger partial charge is 0.480 e. The topological polar surface area (TPSA) is 102 Å². The highest BCUT2D eigenvalue weighted by atomic mass is 35.5. The van der Waals surface area contributed by atoms with Crippen LogP contribution in [0, 0.1) is 0 Å². The number of carboxylic acids is 1. The van der Waals surface area contributed by atoms with Crippen LogP contribution in [-0.4, -0.2) is 26.3 Å². The number of rotatable bonds is 3. The van der Waals surface area contributed by atoms with Gasteiger partial charge in [-0.1, -0.05) is 23.7 Å². The first-order chi connectivity index (χ1) is 8.91. The number of halogens is 1. The zero-order chi connectivity index (χ0) is 14.0. The van der Waals surface area contributed by atoms with Gasteiger partial charge in [0.2, 0.25) is 0 Å². The van der Waals surface area contributed by atoms with E-state index in [2.05, 4.69) is 15.2 Å². The fraction of sp³-hybridized carbons (Fsp3) is 0.167. The molecule has 0 aliphatic rings. The predicted octanol–water partition coefficient (Wildman–Crippen LogP) is 1.45. The third-order valence-corrected chi connectivity index (χ3v) is 2.86. The molecule has 0 unspecified atom stereocenters. The zero-order valence-electron chi connectivity index (χ0n) is 10.0. The van der Waals surface area contributed by atoms with Gasteiger partial charge < -0.3 is 10.8 Å². The maximum atomic E-state index is 11.1. The molecule has 0 saturated heterocycles. The molecule has 1 aromatic carbocycles. The predicted molar refractivity (Wildman–Crippen MR) is 69.4 cm³/mol. The van der Waals surface area contributed by atoms with Crippen LogP contribution in [0.1, 0.15) is 12.7 Å². The van der Waals surface area contributed by atoms with Crippen molar-refractivity contribution >= 4 is 17.6 Å². The molecule has 3 N–H and O–H groups in total. The number of carboxylic acid groups (broad SMARTS) is 1. The molecule has 0 bridgehead atoms. The second-order valence-corrected chi connectivity index (χ2v) is 4.62. The van der Waals surface area contributed by atoms with Gasteiger partial charge in [0.1, 0.15) is 0 Å². The molecule has 1 aromatic heterocycles. The zero-order valence-corrected chi connectivity index (χ0v) is 10.8. The van der Waals surface area contributed by atoms with Crippen LogP contribution in [0.3, 0.4) is 0 Å². The first-order valence-electron chi connectivity index (χ1n) is 5.39. The Bertz CT molecular complexity index is 613. The molecule has 1 atom stereocenters. The number of hydrogen-bond acceptors (Lipinski definition) is 5. The van der Waals surface area contributed by atoms with Crippen molar-refractivity contribution in [3.05, 3.63) is 41.3 Å². The van der Waals surface area contributed by atoms with E-state index in [4.69, 9.17) is 22.4 Å². The second kappa shape index (κ2) is 4.91. The lowest BCUT2D eigenvalue weighted by molar-refractivity contribution is -0.143. The monoisotopic (exact) mass is 278 g/mol. The Morgan fingerprint density at radius 3 is 2.58 bits per heavy atom. The summed E-state index contributed by atoms with van der Waals surface area (Å²) in [6, 6.07) is 6.92. The SMILES string of the molecule is C[C@](N)(C(=O)O)c1nncc(-c2ccc(Cl)cc2)n1. The number of aliphatic carboxylic acids is 1. The molecule has 1 heterocycles. The van der Waals surface area contributed by atoms with Crippen LogP contribution in [0.15, 0.2) is 30.5 Å². The summed E-state index contributed by atoms with van der Waals surface area (Å²) in [4.78, 5) is 15.2. The van der Waals surface area contributed by atoms with Crippen molar-refractivity contribution in [1.29, 1.82) is 0 Å². The molecule has 2 rings (SSSR count). The van der Waals surface area contributed by atoms with Gasteiger partial charge in [-0.3, -0.25) is 0 Å². The molecule has 0 radical (unpaired) electrons. The maximum absolute atomic E-state index is 11.1. The molecular formula is C12H11ClN4O2. The van der Waals surface area contributed by atoms with E-state index in [1.54, 1.807) is 24.3 Å². The number of nitrogens with zero attached hydrogens (tertiary/aromatic N) is 3.